The number of nitrogens with zero attached hydrogens (tertiary/aromatic N) is 3. The Kier molecular flexibility index (Phi) is 7.53. The summed E-state index contributed by atoms with van der Waals surface area (Å²) in [4.78, 5) is 20.9. The van der Waals surface area contributed by atoms with Crippen LogP contribution >= 0.6 is 11.6 Å². The predicted octanol–water partition coefficient (Wildman–Crippen LogP) is 4.06. The molecule has 0 aromatic heterocycles. The number of hydrogen-bond donors (Lipinski definition) is 1. The molecule has 0 spiro atoms. The van der Waals surface area contributed by atoms with Crippen molar-refractivity contribution >= 4 is 23.5 Å². The lowest BCUT2D eigenvalue weighted by Crippen LogP contribution is -2.38. The van der Waals surface area contributed by atoms with Gasteiger partial charge in [-0.15, -0.1) is 0 Å². The monoisotopic (exact) mass is 412 g/mol. The zero-order chi connectivity index (χ0) is 20.6. The molecule has 2 aromatic rings. The van der Waals surface area contributed by atoms with Crippen LogP contribution in [-0.4, -0.2) is 41.8 Å². The number of rotatable bonds is 7. The summed E-state index contributed by atoms with van der Waals surface area (Å²) in [6.45, 7) is 5.60. The molecule has 154 valence electrons. The van der Waals surface area contributed by atoms with Gasteiger partial charge in [0, 0.05) is 44.7 Å². The Morgan fingerprint density at radius 3 is 2.48 bits per heavy atom. The molecule has 29 heavy (non-hydrogen) atoms. The van der Waals surface area contributed by atoms with Crippen molar-refractivity contribution in [2.75, 3.05) is 20.1 Å². The van der Waals surface area contributed by atoms with Gasteiger partial charge in [0.25, 0.3) is 0 Å². The van der Waals surface area contributed by atoms with E-state index in [4.69, 9.17) is 16.6 Å². The van der Waals surface area contributed by atoms with Gasteiger partial charge in [-0.05, 0) is 36.1 Å². The van der Waals surface area contributed by atoms with Crippen molar-refractivity contribution in [3.8, 4) is 0 Å². The van der Waals surface area contributed by atoms with Crippen LogP contribution in [0.4, 0.5) is 0 Å². The zero-order valence-corrected chi connectivity index (χ0v) is 18.0. The van der Waals surface area contributed by atoms with Crippen LogP contribution in [0, 0.1) is 0 Å². The van der Waals surface area contributed by atoms with Gasteiger partial charge in [-0.2, -0.15) is 0 Å². The average Bonchev–Trinajstić information content (AvgIpc) is 3.12. The van der Waals surface area contributed by atoms with Gasteiger partial charge in [0.15, 0.2) is 5.96 Å². The van der Waals surface area contributed by atoms with Crippen LogP contribution in [0.25, 0.3) is 0 Å². The highest BCUT2D eigenvalue weighted by atomic mass is 35.5. The third kappa shape index (κ3) is 5.73. The summed E-state index contributed by atoms with van der Waals surface area (Å²) in [6.07, 6.45) is 1.62. The van der Waals surface area contributed by atoms with E-state index in [0.29, 0.717) is 26.1 Å². The minimum absolute atomic E-state index is 0.246. The van der Waals surface area contributed by atoms with Gasteiger partial charge in [0.1, 0.15) is 0 Å². The molecule has 2 aromatic carbocycles. The van der Waals surface area contributed by atoms with Gasteiger partial charge in [0.05, 0.1) is 6.54 Å². The smallest absolute Gasteiger partial charge is 0.222 e. The maximum Gasteiger partial charge on any atom is 0.222 e. The van der Waals surface area contributed by atoms with E-state index in [0.717, 1.165) is 47.2 Å². The largest absolute Gasteiger partial charge is 0.357 e. The number of likely N-dealkylation sites (tertiary alicyclic amines) is 1. The second-order valence-corrected chi connectivity index (χ2v) is 7.71. The molecule has 3 rings (SSSR count). The molecule has 1 N–H and O–H groups in total. The van der Waals surface area contributed by atoms with E-state index >= 15 is 0 Å². The van der Waals surface area contributed by atoms with Crippen molar-refractivity contribution < 1.29 is 4.79 Å². The predicted molar refractivity (Wildman–Crippen MR) is 119 cm³/mol. The van der Waals surface area contributed by atoms with Crippen molar-refractivity contribution in [3.05, 3.63) is 70.2 Å². The molecule has 5 nitrogen and oxygen atoms in total. The molecule has 0 bridgehead atoms. The minimum Gasteiger partial charge on any atom is -0.357 e. The Bertz CT molecular complexity index is 867. The molecule has 1 amide bonds. The standard InChI is InChI=1S/C23H29ClN4O/c1-3-25-23(27(2)16-20-11-6-7-12-21(20)24)26-15-18-9-4-5-10-19(18)17-28-14-8-13-22(28)29/h4-7,9-12H,3,8,13-17H2,1-2H3,(H,25,26). The second kappa shape index (κ2) is 10.3. The summed E-state index contributed by atoms with van der Waals surface area (Å²) in [6, 6.07) is 16.1. The Hall–Kier alpha value is -2.53. The Balaban J connectivity index is 1.73. The van der Waals surface area contributed by atoms with Gasteiger partial charge >= 0.3 is 0 Å². The van der Waals surface area contributed by atoms with E-state index in [1.165, 1.54) is 0 Å². The van der Waals surface area contributed by atoms with Crippen molar-refractivity contribution in [1.82, 2.24) is 15.1 Å². The molecule has 0 radical (unpaired) electrons. The Morgan fingerprint density at radius 1 is 1.14 bits per heavy atom. The average molecular weight is 413 g/mol. The van der Waals surface area contributed by atoms with Crippen LogP contribution < -0.4 is 5.32 Å². The van der Waals surface area contributed by atoms with E-state index in [2.05, 4.69) is 29.3 Å². The Labute approximate surface area is 178 Å². The zero-order valence-electron chi connectivity index (χ0n) is 17.2. The van der Waals surface area contributed by atoms with Crippen LogP contribution in [0.2, 0.25) is 5.02 Å². The maximum absolute atomic E-state index is 12.0. The fraction of sp³-hybridized carbons (Fsp3) is 0.391. The number of halogens is 1. The third-order valence-electron chi connectivity index (χ3n) is 5.11. The number of nitrogens with one attached hydrogen (secondary N) is 1. The molecule has 1 aliphatic rings. The van der Waals surface area contributed by atoms with Gasteiger partial charge in [-0.1, -0.05) is 54.1 Å². The van der Waals surface area contributed by atoms with Crippen LogP contribution in [0.5, 0.6) is 0 Å². The second-order valence-electron chi connectivity index (χ2n) is 7.31. The minimum atomic E-state index is 0.246. The lowest BCUT2D eigenvalue weighted by atomic mass is 10.1. The topological polar surface area (TPSA) is 47.9 Å². The number of aliphatic imine (C=N–C) groups is 1. The van der Waals surface area contributed by atoms with Crippen LogP contribution in [0.1, 0.15) is 36.5 Å². The van der Waals surface area contributed by atoms with E-state index in [1.807, 2.05) is 48.3 Å². The number of guanidine groups is 1. The van der Waals surface area contributed by atoms with Gasteiger partial charge < -0.3 is 15.1 Å². The molecule has 6 heteroatoms. The first kappa shape index (κ1) is 21.2. The number of benzene rings is 2. The van der Waals surface area contributed by atoms with Gasteiger partial charge in [-0.25, -0.2) is 4.99 Å². The lowest BCUT2D eigenvalue weighted by molar-refractivity contribution is -0.128. The van der Waals surface area contributed by atoms with Gasteiger partial charge in [-0.3, -0.25) is 4.79 Å². The highest BCUT2D eigenvalue weighted by Crippen LogP contribution is 2.19. The lowest BCUT2D eigenvalue weighted by Gasteiger charge is -2.23. The van der Waals surface area contributed by atoms with Crippen molar-refractivity contribution in [1.29, 1.82) is 0 Å². The van der Waals surface area contributed by atoms with Crippen LogP contribution in [-0.2, 0) is 24.4 Å². The first-order valence-electron chi connectivity index (χ1n) is 10.2. The third-order valence-corrected chi connectivity index (χ3v) is 5.48. The molecule has 0 unspecified atom stereocenters. The summed E-state index contributed by atoms with van der Waals surface area (Å²) in [5.41, 5.74) is 3.38. The summed E-state index contributed by atoms with van der Waals surface area (Å²) in [5.74, 6) is 1.08. The molecule has 0 aliphatic carbocycles. The normalized spacial score (nSPS) is 14.4. The number of carbonyl (C=O) groups is 1. The first-order valence-corrected chi connectivity index (χ1v) is 10.5. The van der Waals surface area contributed by atoms with E-state index in [9.17, 15) is 4.79 Å². The summed E-state index contributed by atoms with van der Waals surface area (Å²) in [7, 11) is 2.01. The first-order chi connectivity index (χ1) is 14.1. The molecule has 1 aliphatic heterocycles. The SMILES string of the molecule is CCNC(=NCc1ccccc1CN1CCCC1=O)N(C)Cc1ccccc1Cl. The maximum atomic E-state index is 12.0. The fourth-order valence-electron chi connectivity index (χ4n) is 3.53. The molecule has 0 atom stereocenters. The van der Waals surface area contributed by atoms with E-state index in [-0.39, 0.29) is 5.91 Å². The van der Waals surface area contributed by atoms with Crippen molar-refractivity contribution in [2.45, 2.75) is 39.4 Å². The highest BCUT2D eigenvalue weighted by molar-refractivity contribution is 6.31. The quantitative estimate of drug-likeness (QED) is 0.551. The van der Waals surface area contributed by atoms with E-state index in [1.54, 1.807) is 0 Å². The molecule has 1 heterocycles. The summed E-state index contributed by atoms with van der Waals surface area (Å²) < 4.78 is 0. The molecule has 1 saturated heterocycles. The van der Waals surface area contributed by atoms with Crippen LogP contribution in [0.3, 0.4) is 0 Å². The van der Waals surface area contributed by atoms with Crippen molar-refractivity contribution in [3.63, 3.8) is 0 Å². The molecule has 1 fully saturated rings. The molecule has 0 saturated carbocycles. The van der Waals surface area contributed by atoms with Gasteiger partial charge in [0.2, 0.25) is 5.91 Å². The summed E-state index contributed by atoms with van der Waals surface area (Å²) in [5, 5.41) is 4.12. The summed E-state index contributed by atoms with van der Waals surface area (Å²) >= 11 is 6.32. The Morgan fingerprint density at radius 2 is 1.83 bits per heavy atom. The number of hydrogen-bond acceptors (Lipinski definition) is 2. The number of carbonyl (C=O) groups excluding carboxylic acids is 1. The highest BCUT2D eigenvalue weighted by Gasteiger charge is 2.20. The molecular weight excluding hydrogens is 384 g/mol. The fourth-order valence-corrected chi connectivity index (χ4v) is 3.73. The van der Waals surface area contributed by atoms with Crippen LogP contribution in [0.15, 0.2) is 53.5 Å². The van der Waals surface area contributed by atoms with E-state index < -0.39 is 0 Å². The van der Waals surface area contributed by atoms with Crippen molar-refractivity contribution in [2.24, 2.45) is 4.99 Å². The molecular formula is C23H29ClN4O. The number of amides is 1.